The number of benzene rings is 2. The fourth-order valence-corrected chi connectivity index (χ4v) is 3.69. The van der Waals surface area contributed by atoms with Gasteiger partial charge in [0.1, 0.15) is 5.82 Å². The number of hydrogen-bond donors (Lipinski definition) is 1. The highest BCUT2D eigenvalue weighted by Gasteiger charge is 2.21. The van der Waals surface area contributed by atoms with Gasteiger partial charge in [-0.1, -0.05) is 30.3 Å². The van der Waals surface area contributed by atoms with Crippen LogP contribution in [-0.2, 0) is 6.42 Å². The maximum Gasteiger partial charge on any atom is 0.146 e. The minimum absolute atomic E-state index is 0.166. The van der Waals surface area contributed by atoms with Crippen molar-refractivity contribution in [2.24, 2.45) is 0 Å². The first-order valence-electron chi connectivity index (χ1n) is 6.47. The van der Waals surface area contributed by atoms with Gasteiger partial charge in [0.25, 0.3) is 0 Å². The summed E-state index contributed by atoms with van der Waals surface area (Å²) in [7, 11) is 0. The smallest absolute Gasteiger partial charge is 0.146 e. The van der Waals surface area contributed by atoms with Crippen LogP contribution in [0.2, 0.25) is 0 Å². The molecule has 0 fully saturated rings. The van der Waals surface area contributed by atoms with E-state index in [0.717, 1.165) is 18.5 Å². The molecule has 19 heavy (non-hydrogen) atoms. The summed E-state index contributed by atoms with van der Waals surface area (Å²) in [5.74, 6) is -0.166. The second-order valence-corrected chi connectivity index (χ2v) is 6.21. The Hall–Kier alpha value is -1.48. The van der Waals surface area contributed by atoms with Gasteiger partial charge in [0.05, 0.1) is 5.69 Å². The standard InChI is InChI=1S/C16H16FNS/c1-11-5-4-7-14(17)16(11)18-10-13-9-12-6-2-3-8-15(12)19-13/h2-8,13,18H,9-10H2,1H3. The van der Waals surface area contributed by atoms with Crippen molar-refractivity contribution in [2.45, 2.75) is 23.5 Å². The van der Waals surface area contributed by atoms with Crippen molar-refractivity contribution in [3.8, 4) is 0 Å². The Balaban J connectivity index is 1.66. The van der Waals surface area contributed by atoms with Gasteiger partial charge in [-0.3, -0.25) is 0 Å². The molecule has 2 aromatic carbocycles. The third-order valence-corrected chi connectivity index (χ3v) is 4.76. The van der Waals surface area contributed by atoms with E-state index in [1.54, 1.807) is 6.07 Å². The predicted octanol–water partition coefficient (Wildman–Crippen LogP) is 4.26. The molecule has 1 nitrogen and oxygen atoms in total. The molecule has 0 saturated carbocycles. The lowest BCUT2D eigenvalue weighted by molar-refractivity contribution is 0.628. The molecule has 2 aromatic rings. The Morgan fingerprint density at radius 2 is 2.05 bits per heavy atom. The first-order valence-corrected chi connectivity index (χ1v) is 7.35. The number of para-hydroxylation sites is 1. The zero-order chi connectivity index (χ0) is 13.2. The number of aryl methyl sites for hydroxylation is 1. The van der Waals surface area contributed by atoms with Gasteiger partial charge >= 0.3 is 0 Å². The third kappa shape index (κ3) is 2.61. The topological polar surface area (TPSA) is 12.0 Å². The Labute approximate surface area is 117 Å². The van der Waals surface area contributed by atoms with Crippen LogP contribution in [0.25, 0.3) is 0 Å². The highest BCUT2D eigenvalue weighted by Crippen LogP contribution is 2.36. The summed E-state index contributed by atoms with van der Waals surface area (Å²) in [5, 5.41) is 3.74. The summed E-state index contributed by atoms with van der Waals surface area (Å²) in [6.45, 7) is 2.73. The Bertz CT molecular complexity index is 552. The molecule has 98 valence electrons. The summed E-state index contributed by atoms with van der Waals surface area (Å²) < 4.78 is 13.7. The van der Waals surface area contributed by atoms with E-state index in [9.17, 15) is 4.39 Å². The summed E-state index contributed by atoms with van der Waals surface area (Å²) >= 11 is 1.88. The van der Waals surface area contributed by atoms with E-state index in [1.165, 1.54) is 16.5 Å². The molecule has 0 amide bonds. The van der Waals surface area contributed by atoms with Crippen LogP contribution in [0, 0.1) is 12.7 Å². The highest BCUT2D eigenvalue weighted by atomic mass is 32.2. The van der Waals surface area contributed by atoms with E-state index < -0.39 is 0 Å². The molecule has 0 spiro atoms. The Morgan fingerprint density at radius 3 is 2.84 bits per heavy atom. The minimum atomic E-state index is -0.166. The SMILES string of the molecule is Cc1cccc(F)c1NCC1Cc2ccccc2S1. The molecule has 1 heterocycles. The zero-order valence-corrected chi connectivity index (χ0v) is 11.6. The Morgan fingerprint density at radius 1 is 1.21 bits per heavy atom. The van der Waals surface area contributed by atoms with E-state index >= 15 is 0 Å². The number of nitrogens with one attached hydrogen (secondary N) is 1. The largest absolute Gasteiger partial charge is 0.381 e. The van der Waals surface area contributed by atoms with Gasteiger partial charge in [0.15, 0.2) is 0 Å². The van der Waals surface area contributed by atoms with Crippen LogP contribution in [0.1, 0.15) is 11.1 Å². The van der Waals surface area contributed by atoms with Crippen molar-refractivity contribution >= 4 is 17.4 Å². The van der Waals surface area contributed by atoms with Crippen molar-refractivity contribution in [1.82, 2.24) is 0 Å². The second-order valence-electron chi connectivity index (χ2n) is 4.86. The van der Waals surface area contributed by atoms with Gasteiger partial charge in [-0.2, -0.15) is 0 Å². The molecule has 1 aliphatic heterocycles. The molecule has 1 atom stereocenters. The van der Waals surface area contributed by atoms with Crippen LogP contribution in [0.4, 0.5) is 10.1 Å². The molecule has 0 bridgehead atoms. The molecule has 3 heteroatoms. The lowest BCUT2D eigenvalue weighted by atomic mass is 10.1. The third-order valence-electron chi connectivity index (χ3n) is 3.44. The van der Waals surface area contributed by atoms with Gasteiger partial charge in [0.2, 0.25) is 0 Å². The fourth-order valence-electron chi connectivity index (χ4n) is 2.44. The molecule has 1 N–H and O–H groups in total. The van der Waals surface area contributed by atoms with Gasteiger partial charge < -0.3 is 5.32 Å². The molecule has 0 aromatic heterocycles. The van der Waals surface area contributed by atoms with E-state index in [4.69, 9.17) is 0 Å². The fraction of sp³-hybridized carbons (Fsp3) is 0.250. The summed E-state index contributed by atoms with van der Waals surface area (Å²) in [5.41, 5.74) is 3.00. The molecule has 1 aliphatic rings. The number of fused-ring (bicyclic) bond motifs is 1. The summed E-state index contributed by atoms with van der Waals surface area (Å²) in [6.07, 6.45) is 1.06. The van der Waals surface area contributed by atoms with Crippen molar-refractivity contribution in [1.29, 1.82) is 0 Å². The normalized spacial score (nSPS) is 17.3. The molecule has 1 unspecified atom stereocenters. The highest BCUT2D eigenvalue weighted by molar-refractivity contribution is 8.00. The average molecular weight is 273 g/mol. The number of anilines is 1. The second kappa shape index (κ2) is 5.25. The van der Waals surface area contributed by atoms with Gasteiger partial charge in [-0.15, -0.1) is 11.8 Å². The van der Waals surface area contributed by atoms with Crippen molar-refractivity contribution in [3.63, 3.8) is 0 Å². The molecule has 0 aliphatic carbocycles. The number of rotatable bonds is 3. The van der Waals surface area contributed by atoms with Gasteiger partial charge in [-0.25, -0.2) is 4.39 Å². The van der Waals surface area contributed by atoms with Crippen LogP contribution >= 0.6 is 11.8 Å². The quantitative estimate of drug-likeness (QED) is 0.896. The first kappa shape index (κ1) is 12.5. The van der Waals surface area contributed by atoms with Crippen LogP contribution in [0.3, 0.4) is 0 Å². The average Bonchev–Trinajstić information content (AvgIpc) is 2.81. The number of hydrogen-bond acceptors (Lipinski definition) is 2. The van der Waals surface area contributed by atoms with E-state index in [2.05, 4.69) is 29.6 Å². The summed E-state index contributed by atoms with van der Waals surface area (Å²) in [6, 6.07) is 13.7. The lowest BCUT2D eigenvalue weighted by Gasteiger charge is -2.14. The molecule has 0 radical (unpaired) electrons. The lowest BCUT2D eigenvalue weighted by Crippen LogP contribution is -2.17. The van der Waals surface area contributed by atoms with E-state index in [0.29, 0.717) is 10.9 Å². The van der Waals surface area contributed by atoms with Crippen molar-refractivity contribution in [2.75, 3.05) is 11.9 Å². The summed E-state index contributed by atoms with van der Waals surface area (Å²) in [4.78, 5) is 1.36. The molecular formula is C16H16FNS. The Kier molecular flexibility index (Phi) is 3.47. The van der Waals surface area contributed by atoms with Crippen LogP contribution in [-0.4, -0.2) is 11.8 Å². The molecule has 3 rings (SSSR count). The number of thioether (sulfide) groups is 1. The van der Waals surface area contributed by atoms with Gasteiger partial charge in [-0.05, 0) is 36.6 Å². The van der Waals surface area contributed by atoms with Crippen molar-refractivity contribution in [3.05, 3.63) is 59.4 Å². The van der Waals surface area contributed by atoms with Crippen LogP contribution in [0.5, 0.6) is 0 Å². The predicted molar refractivity (Wildman–Crippen MR) is 79.4 cm³/mol. The zero-order valence-electron chi connectivity index (χ0n) is 10.8. The number of halogens is 1. The van der Waals surface area contributed by atoms with Gasteiger partial charge in [0, 0.05) is 16.7 Å². The van der Waals surface area contributed by atoms with Crippen molar-refractivity contribution < 1.29 is 4.39 Å². The van der Waals surface area contributed by atoms with E-state index in [1.807, 2.05) is 24.8 Å². The molecular weight excluding hydrogens is 257 g/mol. The van der Waals surface area contributed by atoms with Crippen LogP contribution in [0.15, 0.2) is 47.4 Å². The maximum atomic E-state index is 13.7. The first-order chi connectivity index (χ1) is 9.24. The molecule has 0 saturated heterocycles. The van der Waals surface area contributed by atoms with Crippen LogP contribution < -0.4 is 5.32 Å². The monoisotopic (exact) mass is 273 g/mol. The van der Waals surface area contributed by atoms with E-state index in [-0.39, 0.29) is 5.82 Å². The maximum absolute atomic E-state index is 13.7. The minimum Gasteiger partial charge on any atom is -0.381 e.